The lowest BCUT2D eigenvalue weighted by Crippen LogP contribution is -2.29. The number of nitrogen functional groups attached to an aromatic ring is 2. The molecule has 22 heteroatoms. The zero-order chi connectivity index (χ0) is 28.5. The molecule has 0 saturated carbocycles. The van der Waals surface area contributed by atoms with Gasteiger partial charge in [-0.15, -0.1) is 10.2 Å². The van der Waals surface area contributed by atoms with Crippen molar-refractivity contribution in [2.24, 2.45) is 5.92 Å². The molecule has 218 valence electrons. The van der Waals surface area contributed by atoms with Crippen molar-refractivity contribution < 1.29 is 32.5 Å². The summed E-state index contributed by atoms with van der Waals surface area (Å²) >= 11 is 5.26. The molecule has 3 aliphatic heterocycles. The van der Waals surface area contributed by atoms with E-state index in [-0.39, 0.29) is 60.1 Å². The minimum Gasteiger partial charge on any atom is -0.382 e. The SMILES string of the molecule is Nc1nc2c(nnn2[C@@H]2OC3C[C@H]2OP(O)(=S)OC[C@H]2O[C@@H](n4nnc5c(N)ncnc54)[C@@H](F)[C@@H]2CCO3)c(=O)[nH]1. The average Bonchev–Trinajstić information content (AvgIpc) is 3.68. The molecule has 3 saturated heterocycles. The fourth-order valence-corrected chi connectivity index (χ4v) is 6.62. The summed E-state index contributed by atoms with van der Waals surface area (Å²) in [6, 6.07) is 0. The van der Waals surface area contributed by atoms with Crippen LogP contribution in [-0.2, 0) is 35.1 Å². The van der Waals surface area contributed by atoms with E-state index in [4.69, 9.17) is 46.5 Å². The Kier molecular flexibility index (Phi) is 6.43. The number of rotatable bonds is 2. The van der Waals surface area contributed by atoms with Gasteiger partial charge in [0.2, 0.25) is 5.95 Å². The third kappa shape index (κ3) is 4.63. The molecule has 2 unspecified atom stereocenters. The lowest BCUT2D eigenvalue weighted by molar-refractivity contribution is -0.158. The Morgan fingerprint density at radius 3 is 2.71 bits per heavy atom. The molecule has 2 bridgehead atoms. The van der Waals surface area contributed by atoms with E-state index in [1.54, 1.807) is 0 Å². The normalized spacial score (nSPS) is 34.4. The molecule has 7 rings (SSSR count). The van der Waals surface area contributed by atoms with E-state index in [2.05, 4.69) is 40.6 Å². The van der Waals surface area contributed by atoms with Gasteiger partial charge in [-0.05, 0) is 18.2 Å². The second-order valence-electron chi connectivity index (χ2n) is 9.56. The molecule has 0 aliphatic carbocycles. The van der Waals surface area contributed by atoms with Crippen molar-refractivity contribution in [2.75, 3.05) is 24.7 Å². The van der Waals surface area contributed by atoms with Crippen molar-refractivity contribution in [3.8, 4) is 0 Å². The molecule has 3 fully saturated rings. The molecule has 3 aliphatic rings. The van der Waals surface area contributed by atoms with E-state index >= 15 is 4.39 Å². The van der Waals surface area contributed by atoms with Gasteiger partial charge in [0.05, 0.1) is 19.3 Å². The van der Waals surface area contributed by atoms with Crippen molar-refractivity contribution >= 4 is 52.6 Å². The van der Waals surface area contributed by atoms with Crippen LogP contribution < -0.4 is 17.0 Å². The van der Waals surface area contributed by atoms with Gasteiger partial charge in [0, 0.05) is 12.3 Å². The molecule has 4 aromatic rings. The van der Waals surface area contributed by atoms with E-state index in [0.717, 1.165) is 0 Å². The maximum Gasteiger partial charge on any atom is 0.325 e. The lowest BCUT2D eigenvalue weighted by Gasteiger charge is -2.25. The van der Waals surface area contributed by atoms with Crippen LogP contribution in [0.3, 0.4) is 0 Å². The Morgan fingerprint density at radius 1 is 1.10 bits per heavy atom. The highest BCUT2D eigenvalue weighted by Crippen LogP contribution is 2.51. The minimum atomic E-state index is -3.95. The third-order valence-electron chi connectivity index (χ3n) is 7.06. The molecule has 0 spiro atoms. The molecule has 4 aromatic heterocycles. The number of nitrogens with two attached hydrogens (primary N) is 2. The number of nitrogens with zero attached hydrogens (tertiary/aromatic N) is 9. The van der Waals surface area contributed by atoms with Crippen LogP contribution in [0.1, 0.15) is 25.3 Å². The summed E-state index contributed by atoms with van der Waals surface area (Å²) in [5, 5.41) is 15.7. The summed E-state index contributed by atoms with van der Waals surface area (Å²) in [5.41, 5.74) is 11.3. The molecule has 8 atom stereocenters. The Balaban J connectivity index is 1.15. The van der Waals surface area contributed by atoms with E-state index in [1.807, 2.05) is 0 Å². The van der Waals surface area contributed by atoms with Crippen LogP contribution in [0.2, 0.25) is 0 Å². The fraction of sp³-hybridized carbons (Fsp3) is 0.579. The van der Waals surface area contributed by atoms with Gasteiger partial charge in [-0.2, -0.15) is 14.3 Å². The van der Waals surface area contributed by atoms with Crippen LogP contribution in [0.15, 0.2) is 11.1 Å². The maximum atomic E-state index is 15.9. The van der Waals surface area contributed by atoms with Crippen molar-refractivity contribution in [1.29, 1.82) is 0 Å². The monoisotopic (exact) mass is 612 g/mol. The Hall–Kier alpha value is -3.30. The van der Waals surface area contributed by atoms with Gasteiger partial charge in [0.15, 0.2) is 53.1 Å². The highest BCUT2D eigenvalue weighted by Gasteiger charge is 2.49. The predicted molar refractivity (Wildman–Crippen MR) is 137 cm³/mol. The van der Waals surface area contributed by atoms with Crippen molar-refractivity contribution in [3.05, 3.63) is 16.7 Å². The first-order valence-electron chi connectivity index (χ1n) is 12.3. The number of hydrogen-bond donors (Lipinski definition) is 4. The highest BCUT2D eigenvalue weighted by atomic mass is 32.5. The Morgan fingerprint density at radius 2 is 1.88 bits per heavy atom. The largest absolute Gasteiger partial charge is 0.382 e. The number of H-pyrrole nitrogens is 1. The molecule has 6 N–H and O–H groups in total. The van der Waals surface area contributed by atoms with Gasteiger partial charge < -0.3 is 39.6 Å². The molecule has 0 radical (unpaired) electrons. The fourth-order valence-electron chi connectivity index (χ4n) is 5.18. The average molecular weight is 613 g/mol. The summed E-state index contributed by atoms with van der Waals surface area (Å²) < 4.78 is 47.6. The molecule has 7 heterocycles. The molecule has 41 heavy (non-hydrogen) atoms. The number of anilines is 2. The number of halogens is 1. The predicted octanol–water partition coefficient (Wildman–Crippen LogP) is -0.950. The van der Waals surface area contributed by atoms with Gasteiger partial charge in [-0.3, -0.25) is 9.78 Å². The lowest BCUT2D eigenvalue weighted by atomic mass is 9.96. The third-order valence-corrected chi connectivity index (χ3v) is 8.64. The molecular formula is C19H22FN12O7PS. The summed E-state index contributed by atoms with van der Waals surface area (Å²) in [7, 11) is 0. The van der Waals surface area contributed by atoms with Gasteiger partial charge in [-0.25, -0.2) is 14.4 Å². The Bertz CT molecular complexity index is 1740. The van der Waals surface area contributed by atoms with Crippen molar-refractivity contribution in [1.82, 2.24) is 49.9 Å². The minimum absolute atomic E-state index is 0.0314. The van der Waals surface area contributed by atoms with Gasteiger partial charge in [-0.1, -0.05) is 10.4 Å². The number of nitrogens with one attached hydrogen (secondary N) is 1. The molecule has 0 aromatic carbocycles. The van der Waals surface area contributed by atoms with Crippen LogP contribution in [-0.4, -0.2) is 92.7 Å². The van der Waals surface area contributed by atoms with Crippen molar-refractivity contribution in [3.63, 3.8) is 0 Å². The van der Waals surface area contributed by atoms with Gasteiger partial charge >= 0.3 is 6.72 Å². The number of aromatic amines is 1. The first-order chi connectivity index (χ1) is 19.7. The van der Waals surface area contributed by atoms with Crippen LogP contribution >= 0.6 is 6.72 Å². The van der Waals surface area contributed by atoms with Crippen LogP contribution in [0.5, 0.6) is 0 Å². The summed E-state index contributed by atoms with van der Waals surface area (Å²) in [4.78, 5) is 37.6. The number of aromatic nitrogens is 10. The van der Waals surface area contributed by atoms with Crippen LogP contribution in [0.4, 0.5) is 16.2 Å². The molecule has 19 nitrogen and oxygen atoms in total. The van der Waals surface area contributed by atoms with Crippen LogP contribution in [0.25, 0.3) is 22.3 Å². The van der Waals surface area contributed by atoms with E-state index in [9.17, 15) is 9.69 Å². The van der Waals surface area contributed by atoms with Gasteiger partial charge in [0.1, 0.15) is 12.4 Å². The van der Waals surface area contributed by atoms with E-state index in [1.165, 1.54) is 15.7 Å². The maximum absolute atomic E-state index is 15.9. The standard InChI is InChI=1S/C19H22FN12O7PS/c20-10-6-1-2-35-9-3-7(17(38-9)32-15-12(28-30-32)16(33)26-19(22)25-15)39-40(34,41)36-4-8(6)37-18(10)31-14-11(27-29-31)13(21)23-5-24-14/h5-10,17-18H,1-4H2,(H,34,41)(H2,21,23,24)(H3,22,25,26,33)/t6-,7-,8-,9?,10+,17-,18-,40?/m1/s1. The number of alkyl halides is 1. The summed E-state index contributed by atoms with van der Waals surface area (Å²) in [6.45, 7) is -4.17. The highest BCUT2D eigenvalue weighted by molar-refractivity contribution is 8.07. The van der Waals surface area contributed by atoms with E-state index in [0.29, 0.717) is 0 Å². The zero-order valence-corrected chi connectivity index (χ0v) is 22.5. The first kappa shape index (κ1) is 26.6. The second kappa shape index (κ2) is 9.91. The summed E-state index contributed by atoms with van der Waals surface area (Å²) in [5.74, 6) is -0.815. The molecular weight excluding hydrogens is 590 g/mol. The number of ether oxygens (including phenoxy) is 3. The van der Waals surface area contributed by atoms with Crippen molar-refractivity contribution in [2.45, 2.75) is 50.0 Å². The second-order valence-corrected chi connectivity index (χ2v) is 12.3. The van der Waals surface area contributed by atoms with E-state index < -0.39 is 55.3 Å². The number of hydrogen-bond acceptors (Lipinski definition) is 16. The smallest absolute Gasteiger partial charge is 0.325 e. The first-order valence-corrected chi connectivity index (χ1v) is 14.9. The zero-order valence-electron chi connectivity index (χ0n) is 20.8. The quantitative estimate of drug-likeness (QED) is 0.199. The number of fused-ring (bicyclic) bond motifs is 5. The Labute approximate surface area is 232 Å². The topological polar surface area (TPSA) is 251 Å². The molecule has 0 amide bonds. The summed E-state index contributed by atoms with van der Waals surface area (Å²) in [6.07, 6.45) is -5.00. The van der Waals surface area contributed by atoms with Gasteiger partial charge in [0.25, 0.3) is 5.56 Å². The van der Waals surface area contributed by atoms with Crippen LogP contribution in [0, 0.1) is 5.92 Å².